The lowest BCUT2D eigenvalue weighted by Crippen LogP contribution is -2.33. The van der Waals surface area contributed by atoms with Gasteiger partial charge in [0.05, 0.1) is 5.25 Å². The quantitative estimate of drug-likeness (QED) is 0.772. The molecule has 1 heterocycles. The van der Waals surface area contributed by atoms with Crippen LogP contribution in [-0.4, -0.2) is 25.2 Å². The Bertz CT molecular complexity index is 387. The number of rotatable bonds is 5. The number of hydrogen-bond acceptors (Lipinski definition) is 4. The van der Waals surface area contributed by atoms with Gasteiger partial charge in [-0.15, -0.1) is 0 Å². The first-order valence-corrected chi connectivity index (χ1v) is 6.27. The number of nitrogens with zero attached hydrogens (tertiary/aromatic N) is 1. The normalized spacial score (nSPS) is 13.5. The number of pyridine rings is 1. The van der Waals surface area contributed by atoms with Crippen molar-refractivity contribution in [3.05, 3.63) is 24.4 Å². The summed E-state index contributed by atoms with van der Waals surface area (Å²) < 4.78 is 25.9. The van der Waals surface area contributed by atoms with E-state index in [9.17, 15) is 8.42 Å². The molecule has 1 rings (SSSR count). The van der Waals surface area contributed by atoms with Crippen molar-refractivity contribution in [2.75, 3.05) is 11.3 Å². The van der Waals surface area contributed by atoms with E-state index >= 15 is 0 Å². The summed E-state index contributed by atoms with van der Waals surface area (Å²) in [7, 11) is -3.41. The standard InChI is InChI=1S/C9H15N3O2S/c1-2-8(7-10)15(13,14)12-9-5-3-4-6-11-9/h3-6,8H,2,7,10H2,1H3,(H,11,12). The van der Waals surface area contributed by atoms with Crippen molar-refractivity contribution in [3.8, 4) is 0 Å². The van der Waals surface area contributed by atoms with E-state index in [2.05, 4.69) is 9.71 Å². The minimum Gasteiger partial charge on any atom is -0.329 e. The summed E-state index contributed by atoms with van der Waals surface area (Å²) in [5.74, 6) is 0.324. The van der Waals surface area contributed by atoms with Gasteiger partial charge in [0, 0.05) is 12.7 Å². The Labute approximate surface area is 89.8 Å². The molecule has 1 aromatic rings. The Morgan fingerprint density at radius 2 is 2.27 bits per heavy atom. The van der Waals surface area contributed by atoms with Crippen LogP contribution in [-0.2, 0) is 10.0 Å². The summed E-state index contributed by atoms with van der Waals surface area (Å²) in [5.41, 5.74) is 5.38. The minimum absolute atomic E-state index is 0.110. The molecule has 0 aromatic carbocycles. The van der Waals surface area contributed by atoms with Crippen LogP contribution in [0.25, 0.3) is 0 Å². The molecule has 0 spiro atoms. The zero-order valence-electron chi connectivity index (χ0n) is 8.55. The smallest absolute Gasteiger partial charge is 0.238 e. The highest BCUT2D eigenvalue weighted by Crippen LogP contribution is 2.09. The van der Waals surface area contributed by atoms with E-state index in [-0.39, 0.29) is 6.54 Å². The molecule has 6 heteroatoms. The zero-order valence-corrected chi connectivity index (χ0v) is 9.37. The molecule has 84 valence electrons. The van der Waals surface area contributed by atoms with Gasteiger partial charge in [0.2, 0.25) is 10.0 Å². The Balaban J connectivity index is 2.81. The van der Waals surface area contributed by atoms with Crippen molar-refractivity contribution in [2.45, 2.75) is 18.6 Å². The fraction of sp³-hybridized carbons (Fsp3) is 0.444. The van der Waals surface area contributed by atoms with E-state index in [1.807, 2.05) is 0 Å². The second-order valence-electron chi connectivity index (χ2n) is 3.13. The molecular weight excluding hydrogens is 214 g/mol. The van der Waals surface area contributed by atoms with Gasteiger partial charge in [-0.2, -0.15) is 0 Å². The van der Waals surface area contributed by atoms with Crippen LogP contribution in [0.5, 0.6) is 0 Å². The highest BCUT2D eigenvalue weighted by atomic mass is 32.2. The van der Waals surface area contributed by atoms with Crippen LogP contribution < -0.4 is 10.5 Å². The number of nitrogens with two attached hydrogens (primary N) is 1. The van der Waals surface area contributed by atoms with Gasteiger partial charge < -0.3 is 5.73 Å². The third-order valence-electron chi connectivity index (χ3n) is 2.07. The van der Waals surface area contributed by atoms with Gasteiger partial charge >= 0.3 is 0 Å². The first-order valence-electron chi connectivity index (χ1n) is 4.73. The zero-order chi connectivity index (χ0) is 11.3. The average Bonchev–Trinajstić information content (AvgIpc) is 2.19. The van der Waals surface area contributed by atoms with Crippen LogP contribution in [0.3, 0.4) is 0 Å². The van der Waals surface area contributed by atoms with Crippen LogP contribution in [0.1, 0.15) is 13.3 Å². The van der Waals surface area contributed by atoms with Crippen molar-refractivity contribution in [1.29, 1.82) is 0 Å². The van der Waals surface area contributed by atoms with Gasteiger partial charge in [-0.3, -0.25) is 4.72 Å². The molecule has 0 bridgehead atoms. The van der Waals surface area contributed by atoms with E-state index < -0.39 is 15.3 Å². The van der Waals surface area contributed by atoms with Crippen molar-refractivity contribution in [1.82, 2.24) is 4.98 Å². The highest BCUT2D eigenvalue weighted by molar-refractivity contribution is 7.93. The van der Waals surface area contributed by atoms with Gasteiger partial charge in [0.25, 0.3) is 0 Å². The van der Waals surface area contributed by atoms with Crippen LogP contribution >= 0.6 is 0 Å². The van der Waals surface area contributed by atoms with E-state index in [1.165, 1.54) is 6.20 Å². The minimum atomic E-state index is -3.41. The topological polar surface area (TPSA) is 85.1 Å². The second kappa shape index (κ2) is 5.09. The molecule has 3 N–H and O–H groups in total. The Morgan fingerprint density at radius 3 is 2.73 bits per heavy atom. The molecule has 1 aromatic heterocycles. The van der Waals surface area contributed by atoms with Gasteiger partial charge in [-0.05, 0) is 18.6 Å². The summed E-state index contributed by atoms with van der Waals surface area (Å²) in [6, 6.07) is 5.03. The number of aromatic nitrogens is 1. The van der Waals surface area contributed by atoms with Crippen molar-refractivity contribution in [2.24, 2.45) is 5.73 Å². The number of anilines is 1. The molecule has 0 fully saturated rings. The summed E-state index contributed by atoms with van der Waals surface area (Å²) in [6.07, 6.45) is 2.01. The first kappa shape index (κ1) is 11.9. The lowest BCUT2D eigenvalue weighted by Gasteiger charge is -2.14. The number of hydrogen-bond donors (Lipinski definition) is 2. The van der Waals surface area contributed by atoms with Gasteiger partial charge in [-0.1, -0.05) is 13.0 Å². The van der Waals surface area contributed by atoms with Crippen LogP contribution in [0.15, 0.2) is 24.4 Å². The van der Waals surface area contributed by atoms with Gasteiger partial charge in [0.15, 0.2) is 0 Å². The Morgan fingerprint density at radius 1 is 1.53 bits per heavy atom. The molecule has 15 heavy (non-hydrogen) atoms. The van der Waals surface area contributed by atoms with Crippen LogP contribution in [0, 0.1) is 0 Å². The van der Waals surface area contributed by atoms with Crippen molar-refractivity contribution < 1.29 is 8.42 Å². The maximum absolute atomic E-state index is 11.7. The summed E-state index contributed by atoms with van der Waals surface area (Å²) in [6.45, 7) is 1.90. The SMILES string of the molecule is CCC(CN)S(=O)(=O)Nc1ccccn1. The second-order valence-corrected chi connectivity index (χ2v) is 5.09. The monoisotopic (exact) mass is 229 g/mol. The molecule has 0 amide bonds. The lowest BCUT2D eigenvalue weighted by atomic mass is 10.3. The van der Waals surface area contributed by atoms with E-state index in [0.29, 0.717) is 12.2 Å². The number of sulfonamides is 1. The molecule has 0 aliphatic heterocycles. The molecule has 5 nitrogen and oxygen atoms in total. The Kier molecular flexibility index (Phi) is 4.05. The van der Waals surface area contributed by atoms with Crippen LogP contribution in [0.2, 0.25) is 0 Å². The molecule has 0 saturated heterocycles. The van der Waals surface area contributed by atoms with Crippen LogP contribution in [0.4, 0.5) is 5.82 Å². The van der Waals surface area contributed by atoms with Crippen molar-refractivity contribution in [3.63, 3.8) is 0 Å². The molecular formula is C9H15N3O2S. The maximum Gasteiger partial charge on any atom is 0.238 e. The molecule has 0 saturated carbocycles. The first-order chi connectivity index (χ1) is 7.10. The summed E-state index contributed by atoms with van der Waals surface area (Å²) >= 11 is 0. The molecule has 1 atom stereocenters. The predicted octanol–water partition coefficient (Wildman–Crippen LogP) is 0.561. The summed E-state index contributed by atoms with van der Waals surface area (Å²) in [4.78, 5) is 3.88. The average molecular weight is 229 g/mol. The largest absolute Gasteiger partial charge is 0.329 e. The highest BCUT2D eigenvalue weighted by Gasteiger charge is 2.22. The fourth-order valence-corrected chi connectivity index (χ4v) is 2.44. The van der Waals surface area contributed by atoms with E-state index in [0.717, 1.165) is 0 Å². The maximum atomic E-state index is 11.7. The van der Waals surface area contributed by atoms with Gasteiger partial charge in [-0.25, -0.2) is 13.4 Å². The van der Waals surface area contributed by atoms with Gasteiger partial charge in [0.1, 0.15) is 5.82 Å². The molecule has 0 aliphatic carbocycles. The lowest BCUT2D eigenvalue weighted by molar-refractivity contribution is 0.581. The molecule has 0 aliphatic rings. The third-order valence-corrected chi connectivity index (χ3v) is 3.97. The predicted molar refractivity (Wildman–Crippen MR) is 59.9 cm³/mol. The number of nitrogens with one attached hydrogen (secondary N) is 1. The third kappa shape index (κ3) is 3.17. The summed E-state index contributed by atoms with van der Waals surface area (Å²) in [5, 5.41) is -0.570. The van der Waals surface area contributed by atoms with Crippen molar-refractivity contribution >= 4 is 15.8 Å². The molecule has 1 unspecified atom stereocenters. The van der Waals surface area contributed by atoms with E-state index in [1.54, 1.807) is 25.1 Å². The fourth-order valence-electron chi connectivity index (χ4n) is 1.16. The Hall–Kier alpha value is -1.14. The van der Waals surface area contributed by atoms with E-state index in [4.69, 9.17) is 5.73 Å². The molecule has 0 radical (unpaired) electrons.